The van der Waals surface area contributed by atoms with E-state index in [0.29, 0.717) is 17.0 Å². The molecule has 0 N–H and O–H groups in total. The molecule has 0 saturated heterocycles. The molecule has 1 aliphatic heterocycles. The Morgan fingerprint density at radius 3 is 2.36 bits per heavy atom. The van der Waals surface area contributed by atoms with Gasteiger partial charge in [-0.15, -0.1) is 0 Å². The van der Waals surface area contributed by atoms with E-state index in [1.54, 1.807) is 13.8 Å². The third-order valence-electron chi connectivity index (χ3n) is 4.32. The minimum atomic E-state index is -0.713. The molecule has 0 saturated carbocycles. The van der Waals surface area contributed by atoms with Gasteiger partial charge in [-0.1, -0.05) is 67.8 Å². The van der Waals surface area contributed by atoms with E-state index >= 15 is 0 Å². The van der Waals surface area contributed by atoms with Crippen LogP contribution >= 0.6 is 0 Å². The molecule has 0 amide bonds. The maximum absolute atomic E-state index is 12.7. The summed E-state index contributed by atoms with van der Waals surface area (Å²) in [5.41, 5.74) is 2.43. The molecule has 1 aromatic carbocycles. The number of ether oxygens (including phenoxy) is 2. The number of hydrogen-bond acceptors (Lipinski definition) is 5. The van der Waals surface area contributed by atoms with Crippen molar-refractivity contribution in [2.75, 3.05) is 13.2 Å². The number of esters is 2. The number of carbonyl (C=O) groups excluding carboxylic acids is 2. The Hall–Kier alpha value is -3.21. The van der Waals surface area contributed by atoms with Gasteiger partial charge in [-0.25, -0.2) is 4.79 Å². The lowest BCUT2D eigenvalue weighted by atomic mass is 9.79. The molecule has 5 nitrogen and oxygen atoms in total. The van der Waals surface area contributed by atoms with Crippen LogP contribution in [0.25, 0.3) is 6.08 Å². The Kier molecular flexibility index (Phi) is 7.69. The Labute approximate surface area is 165 Å². The van der Waals surface area contributed by atoms with Gasteiger partial charge in [0.05, 0.1) is 5.57 Å². The first-order valence-electron chi connectivity index (χ1n) is 9.04. The minimum absolute atomic E-state index is 0.0823. The van der Waals surface area contributed by atoms with Gasteiger partial charge in [0.1, 0.15) is 19.1 Å². The Morgan fingerprint density at radius 2 is 1.71 bits per heavy atom. The van der Waals surface area contributed by atoms with E-state index in [-0.39, 0.29) is 13.2 Å². The number of carbonyl (C=O) groups is 2. The SMILES string of the molecule is C=CCOC(=O)C1=C(C)N=C(C)C(C(=O)OCC=C)[C@@H]1/C=C/c1ccccc1. The summed E-state index contributed by atoms with van der Waals surface area (Å²) in [5, 5.41) is 0. The van der Waals surface area contributed by atoms with Crippen LogP contribution in [0, 0.1) is 11.8 Å². The van der Waals surface area contributed by atoms with Crippen LogP contribution in [0.2, 0.25) is 0 Å². The molecule has 0 aliphatic carbocycles. The fourth-order valence-corrected chi connectivity index (χ4v) is 3.09. The topological polar surface area (TPSA) is 65.0 Å². The number of allylic oxidation sites excluding steroid dienone is 2. The zero-order chi connectivity index (χ0) is 20.5. The molecule has 5 heteroatoms. The van der Waals surface area contributed by atoms with Gasteiger partial charge < -0.3 is 9.47 Å². The first kappa shape index (κ1) is 21.1. The molecular formula is C23H25NO4. The molecule has 0 aromatic heterocycles. The Morgan fingerprint density at radius 1 is 1.07 bits per heavy atom. The highest BCUT2D eigenvalue weighted by Gasteiger charge is 2.40. The molecule has 2 atom stereocenters. The lowest BCUT2D eigenvalue weighted by Gasteiger charge is -2.29. The van der Waals surface area contributed by atoms with Crippen LogP contribution < -0.4 is 0 Å². The molecule has 1 heterocycles. The Balaban J connectivity index is 2.45. The normalized spacial score (nSPS) is 19.1. The second kappa shape index (κ2) is 10.2. The summed E-state index contributed by atoms with van der Waals surface area (Å²) in [6.07, 6.45) is 6.71. The minimum Gasteiger partial charge on any atom is -0.461 e. The predicted molar refractivity (Wildman–Crippen MR) is 111 cm³/mol. The molecule has 2 rings (SSSR count). The molecule has 1 unspecified atom stereocenters. The fourth-order valence-electron chi connectivity index (χ4n) is 3.09. The molecule has 0 bridgehead atoms. The van der Waals surface area contributed by atoms with Crippen molar-refractivity contribution in [3.63, 3.8) is 0 Å². The summed E-state index contributed by atoms with van der Waals surface area (Å²) in [6, 6.07) is 9.65. The molecule has 0 fully saturated rings. The molecule has 1 aliphatic rings. The van der Waals surface area contributed by atoms with Crippen molar-refractivity contribution in [2.45, 2.75) is 13.8 Å². The highest BCUT2D eigenvalue weighted by molar-refractivity contribution is 6.06. The molecule has 146 valence electrons. The van der Waals surface area contributed by atoms with Crippen LogP contribution in [0.5, 0.6) is 0 Å². The summed E-state index contributed by atoms with van der Waals surface area (Å²) in [5.74, 6) is -2.23. The first-order valence-corrected chi connectivity index (χ1v) is 9.04. The van der Waals surface area contributed by atoms with Crippen LogP contribution in [-0.2, 0) is 19.1 Å². The van der Waals surface area contributed by atoms with Crippen molar-refractivity contribution in [1.82, 2.24) is 0 Å². The number of rotatable bonds is 8. The van der Waals surface area contributed by atoms with Crippen LogP contribution in [-0.4, -0.2) is 30.9 Å². The summed E-state index contributed by atoms with van der Waals surface area (Å²) in [4.78, 5) is 29.8. The number of benzene rings is 1. The first-order chi connectivity index (χ1) is 13.5. The lowest BCUT2D eigenvalue weighted by molar-refractivity contribution is -0.146. The third kappa shape index (κ3) is 5.16. The highest BCUT2D eigenvalue weighted by atomic mass is 16.5. The molecule has 1 aromatic rings. The van der Waals surface area contributed by atoms with E-state index in [1.807, 2.05) is 42.5 Å². The van der Waals surface area contributed by atoms with Gasteiger partial charge in [0, 0.05) is 17.3 Å². The van der Waals surface area contributed by atoms with E-state index < -0.39 is 23.8 Å². The largest absolute Gasteiger partial charge is 0.461 e. The highest BCUT2D eigenvalue weighted by Crippen LogP contribution is 2.34. The fraction of sp³-hybridized carbons (Fsp3) is 0.261. The molecular weight excluding hydrogens is 354 g/mol. The van der Waals surface area contributed by atoms with E-state index in [1.165, 1.54) is 12.2 Å². The van der Waals surface area contributed by atoms with Crippen molar-refractivity contribution >= 4 is 23.7 Å². The summed E-state index contributed by atoms with van der Waals surface area (Å²) >= 11 is 0. The van der Waals surface area contributed by atoms with Crippen molar-refractivity contribution in [3.05, 3.63) is 78.6 Å². The van der Waals surface area contributed by atoms with Crippen molar-refractivity contribution in [3.8, 4) is 0 Å². The number of aliphatic imine (C=N–C) groups is 1. The van der Waals surface area contributed by atoms with Crippen molar-refractivity contribution in [2.24, 2.45) is 16.8 Å². The van der Waals surface area contributed by atoms with Gasteiger partial charge in [0.2, 0.25) is 0 Å². The number of hydrogen-bond donors (Lipinski definition) is 0. The molecule has 28 heavy (non-hydrogen) atoms. The zero-order valence-electron chi connectivity index (χ0n) is 16.3. The van der Waals surface area contributed by atoms with E-state index in [9.17, 15) is 9.59 Å². The standard InChI is InChI=1S/C23H25NO4/c1-5-14-27-22(25)20-16(3)24-17(4)21(23(26)28-15-6-2)19(20)13-12-18-10-8-7-9-11-18/h5-13,19-20H,1-2,14-15H2,3-4H3/b13-12+/t19-,20?/m0/s1. The summed E-state index contributed by atoms with van der Waals surface area (Å²) in [7, 11) is 0. The van der Waals surface area contributed by atoms with E-state index in [4.69, 9.17) is 9.47 Å². The average molecular weight is 379 g/mol. The number of nitrogens with zero attached hydrogens (tertiary/aromatic N) is 1. The Bertz CT molecular complexity index is 833. The predicted octanol–water partition coefficient (Wildman–Crippen LogP) is 4.14. The van der Waals surface area contributed by atoms with E-state index in [0.717, 1.165) is 5.56 Å². The van der Waals surface area contributed by atoms with Gasteiger partial charge in [0.25, 0.3) is 0 Å². The second-order valence-corrected chi connectivity index (χ2v) is 6.33. The maximum Gasteiger partial charge on any atom is 0.336 e. The van der Waals surface area contributed by atoms with Gasteiger partial charge in [0.15, 0.2) is 0 Å². The van der Waals surface area contributed by atoms with Crippen molar-refractivity contribution < 1.29 is 19.1 Å². The quantitative estimate of drug-likeness (QED) is 0.503. The van der Waals surface area contributed by atoms with E-state index in [2.05, 4.69) is 18.2 Å². The van der Waals surface area contributed by atoms with Gasteiger partial charge >= 0.3 is 11.9 Å². The van der Waals surface area contributed by atoms with Crippen LogP contribution in [0.4, 0.5) is 0 Å². The summed E-state index contributed by atoms with van der Waals surface area (Å²) < 4.78 is 10.5. The van der Waals surface area contributed by atoms with Crippen LogP contribution in [0.3, 0.4) is 0 Å². The third-order valence-corrected chi connectivity index (χ3v) is 4.32. The van der Waals surface area contributed by atoms with Crippen molar-refractivity contribution in [1.29, 1.82) is 0 Å². The molecule has 0 radical (unpaired) electrons. The zero-order valence-corrected chi connectivity index (χ0v) is 16.3. The van der Waals surface area contributed by atoms with Gasteiger partial charge in [-0.3, -0.25) is 9.79 Å². The maximum atomic E-state index is 12.7. The second-order valence-electron chi connectivity index (χ2n) is 6.33. The smallest absolute Gasteiger partial charge is 0.336 e. The van der Waals surface area contributed by atoms with Gasteiger partial charge in [-0.05, 0) is 19.4 Å². The summed E-state index contributed by atoms with van der Waals surface area (Å²) in [6.45, 7) is 10.8. The monoisotopic (exact) mass is 379 g/mol. The average Bonchev–Trinajstić information content (AvgIpc) is 2.69. The lowest BCUT2D eigenvalue weighted by Crippen LogP contribution is -2.37. The van der Waals surface area contributed by atoms with Gasteiger partial charge in [-0.2, -0.15) is 0 Å². The van der Waals surface area contributed by atoms with Crippen LogP contribution in [0.15, 0.2) is 78.0 Å². The van der Waals surface area contributed by atoms with Crippen LogP contribution in [0.1, 0.15) is 19.4 Å². The molecule has 0 spiro atoms.